The van der Waals surface area contributed by atoms with Gasteiger partial charge in [0.05, 0.1) is 12.2 Å². The monoisotopic (exact) mass is 595 g/mol. The lowest BCUT2D eigenvalue weighted by Gasteiger charge is -2.17. The molecular formula is C29H36F7NO4. The van der Waals surface area contributed by atoms with Crippen LogP contribution in [0.15, 0.2) is 30.3 Å². The molecule has 0 saturated carbocycles. The van der Waals surface area contributed by atoms with E-state index in [2.05, 4.69) is 11.7 Å². The fourth-order valence-corrected chi connectivity index (χ4v) is 4.22. The maximum Gasteiger partial charge on any atom is 0.573 e. The molecule has 5 nitrogen and oxygen atoms in total. The van der Waals surface area contributed by atoms with Crippen LogP contribution in [0.5, 0.6) is 23.0 Å². The van der Waals surface area contributed by atoms with E-state index in [1.807, 2.05) is 0 Å². The van der Waals surface area contributed by atoms with Crippen molar-refractivity contribution in [3.05, 3.63) is 47.3 Å². The number of amides is 1. The fourth-order valence-electron chi connectivity index (χ4n) is 4.22. The van der Waals surface area contributed by atoms with Crippen LogP contribution in [0.2, 0.25) is 0 Å². The number of benzene rings is 2. The lowest BCUT2D eigenvalue weighted by Crippen LogP contribution is -2.19. The van der Waals surface area contributed by atoms with Crippen molar-refractivity contribution in [3.8, 4) is 23.0 Å². The number of primary amides is 1. The van der Waals surface area contributed by atoms with Gasteiger partial charge in [0.2, 0.25) is 0 Å². The molecule has 0 spiro atoms. The first-order valence-corrected chi connectivity index (χ1v) is 13.7. The summed E-state index contributed by atoms with van der Waals surface area (Å²) in [5.41, 5.74) is 2.21. The summed E-state index contributed by atoms with van der Waals surface area (Å²) >= 11 is 0. The highest BCUT2D eigenvalue weighted by Crippen LogP contribution is 2.40. The van der Waals surface area contributed by atoms with Gasteiger partial charge < -0.3 is 19.9 Å². The van der Waals surface area contributed by atoms with E-state index in [9.17, 15) is 35.5 Å². The van der Waals surface area contributed by atoms with Crippen molar-refractivity contribution in [3.63, 3.8) is 0 Å². The van der Waals surface area contributed by atoms with Crippen LogP contribution < -0.4 is 19.9 Å². The minimum absolute atomic E-state index is 0.0906. The van der Waals surface area contributed by atoms with Crippen LogP contribution in [0.3, 0.4) is 0 Å². The average Bonchev–Trinajstić information content (AvgIpc) is 2.86. The van der Waals surface area contributed by atoms with Crippen molar-refractivity contribution in [2.45, 2.75) is 96.5 Å². The average molecular weight is 596 g/mol. The zero-order chi connectivity index (χ0) is 30.5. The van der Waals surface area contributed by atoms with Gasteiger partial charge in [-0.2, -0.15) is 13.2 Å². The van der Waals surface area contributed by atoms with Crippen molar-refractivity contribution in [1.82, 2.24) is 0 Å². The Morgan fingerprint density at radius 2 is 1.29 bits per heavy atom. The lowest BCUT2D eigenvalue weighted by atomic mass is 10.1. The van der Waals surface area contributed by atoms with Gasteiger partial charge >= 0.3 is 12.5 Å². The normalized spacial score (nSPS) is 11.9. The highest BCUT2D eigenvalue weighted by molar-refractivity contribution is 5.96. The van der Waals surface area contributed by atoms with E-state index in [1.165, 1.54) is 44.9 Å². The number of unbranched alkanes of at least 4 members (excludes halogenated alkanes) is 11. The van der Waals surface area contributed by atoms with E-state index in [0.29, 0.717) is 18.6 Å². The largest absolute Gasteiger partial charge is 0.573 e. The number of rotatable bonds is 18. The molecule has 1 amide bonds. The number of hydrogen-bond acceptors (Lipinski definition) is 4. The molecule has 0 saturated heterocycles. The second-order valence-electron chi connectivity index (χ2n) is 9.66. The van der Waals surface area contributed by atoms with Crippen molar-refractivity contribution in [2.24, 2.45) is 5.73 Å². The Morgan fingerprint density at radius 3 is 1.80 bits per heavy atom. The highest BCUT2D eigenvalue weighted by Gasteiger charge is 2.37. The van der Waals surface area contributed by atoms with E-state index < -0.39 is 46.9 Å². The van der Waals surface area contributed by atoms with Gasteiger partial charge in [0.1, 0.15) is 17.1 Å². The summed E-state index contributed by atoms with van der Waals surface area (Å²) in [6.45, 7) is 2.27. The van der Waals surface area contributed by atoms with E-state index in [4.69, 9.17) is 15.2 Å². The Labute approximate surface area is 235 Å². The third-order valence-electron chi connectivity index (χ3n) is 6.28. The minimum Gasteiger partial charge on any atom is -0.490 e. The summed E-state index contributed by atoms with van der Waals surface area (Å²) in [6, 6.07) is 3.82. The topological polar surface area (TPSA) is 70.8 Å². The molecule has 0 atom stereocenters. The van der Waals surface area contributed by atoms with Crippen molar-refractivity contribution in [1.29, 1.82) is 0 Å². The maximum absolute atomic E-state index is 14.5. The lowest BCUT2D eigenvalue weighted by molar-refractivity contribution is -0.274. The molecule has 0 heterocycles. The van der Waals surface area contributed by atoms with Crippen molar-refractivity contribution in [2.75, 3.05) is 6.61 Å². The smallest absolute Gasteiger partial charge is 0.490 e. The van der Waals surface area contributed by atoms with Crippen LogP contribution in [0.1, 0.15) is 99.9 Å². The van der Waals surface area contributed by atoms with E-state index in [0.717, 1.165) is 43.9 Å². The molecule has 0 aliphatic heterocycles. The molecule has 2 N–H and O–H groups in total. The van der Waals surface area contributed by atoms with E-state index in [1.54, 1.807) is 0 Å². The predicted molar refractivity (Wildman–Crippen MR) is 140 cm³/mol. The van der Waals surface area contributed by atoms with Gasteiger partial charge in [-0.05, 0) is 30.7 Å². The molecule has 12 heteroatoms. The van der Waals surface area contributed by atoms with Crippen LogP contribution in [0.4, 0.5) is 30.7 Å². The van der Waals surface area contributed by atoms with Gasteiger partial charge in [0.15, 0.2) is 17.3 Å². The fraction of sp³-hybridized carbons (Fsp3) is 0.552. The molecule has 0 aliphatic carbocycles. The first kappa shape index (κ1) is 34.0. The summed E-state index contributed by atoms with van der Waals surface area (Å²) < 4.78 is 107. The third kappa shape index (κ3) is 12.1. The molecule has 0 bridgehead atoms. The number of alkyl halides is 6. The Morgan fingerprint density at radius 1 is 0.756 bits per heavy atom. The standard InChI is InChI=1S/C29H36F7NO4/c1-2-3-4-5-6-7-8-9-10-11-12-13-18-39-24-19-20(41-29(34,35)36)14-16-22(24)40-23-17-15-21(28(31,32)33)26(30)25(23)27(37)38/h14-17,19H,2-13,18H2,1H3,(H2,37,38). The molecule has 2 aromatic carbocycles. The van der Waals surface area contributed by atoms with Crippen molar-refractivity contribution < 1.29 is 49.7 Å². The molecule has 2 rings (SSSR count). The van der Waals surface area contributed by atoms with Crippen LogP contribution in [-0.2, 0) is 6.18 Å². The molecule has 0 fully saturated rings. The summed E-state index contributed by atoms with van der Waals surface area (Å²) in [4.78, 5) is 11.8. The van der Waals surface area contributed by atoms with Gasteiger partial charge in [0.25, 0.3) is 5.91 Å². The number of halogens is 7. The van der Waals surface area contributed by atoms with E-state index in [-0.39, 0.29) is 18.1 Å². The van der Waals surface area contributed by atoms with E-state index >= 15 is 0 Å². The number of ether oxygens (including phenoxy) is 3. The number of hydrogen-bond donors (Lipinski definition) is 1. The third-order valence-corrected chi connectivity index (χ3v) is 6.28. The summed E-state index contributed by atoms with van der Waals surface area (Å²) in [7, 11) is 0. The van der Waals surface area contributed by atoms with Crippen LogP contribution >= 0.6 is 0 Å². The van der Waals surface area contributed by atoms with Gasteiger partial charge in [0, 0.05) is 6.07 Å². The second kappa shape index (κ2) is 16.3. The van der Waals surface area contributed by atoms with Gasteiger partial charge in [-0.3, -0.25) is 4.79 Å². The predicted octanol–water partition coefficient (Wildman–Crippen LogP) is 9.71. The summed E-state index contributed by atoms with van der Waals surface area (Å²) in [6.07, 6.45) is 3.08. The SMILES string of the molecule is CCCCCCCCCCCCCCOc1cc(OC(F)(F)F)ccc1Oc1ccc(C(F)(F)F)c(F)c1C(N)=O. The van der Waals surface area contributed by atoms with Gasteiger partial charge in [-0.1, -0.05) is 77.6 Å². The zero-order valence-corrected chi connectivity index (χ0v) is 22.9. The maximum atomic E-state index is 14.5. The zero-order valence-electron chi connectivity index (χ0n) is 22.9. The molecule has 0 unspecified atom stereocenters. The van der Waals surface area contributed by atoms with Crippen LogP contribution in [0, 0.1) is 5.82 Å². The van der Waals surface area contributed by atoms with Crippen LogP contribution in [-0.4, -0.2) is 18.9 Å². The summed E-state index contributed by atoms with van der Waals surface area (Å²) in [5, 5.41) is 0. The summed E-state index contributed by atoms with van der Waals surface area (Å²) in [5.74, 6) is -5.28. The molecule has 0 radical (unpaired) electrons. The number of carbonyl (C=O) groups is 1. The quantitative estimate of drug-likeness (QED) is 0.138. The number of nitrogens with two attached hydrogens (primary N) is 1. The molecule has 0 aromatic heterocycles. The molecular weight excluding hydrogens is 559 g/mol. The second-order valence-corrected chi connectivity index (χ2v) is 9.66. The Balaban J connectivity index is 2.03. The highest BCUT2D eigenvalue weighted by atomic mass is 19.4. The van der Waals surface area contributed by atoms with Gasteiger partial charge in [-0.25, -0.2) is 4.39 Å². The van der Waals surface area contributed by atoms with Gasteiger partial charge in [-0.15, -0.1) is 13.2 Å². The molecule has 41 heavy (non-hydrogen) atoms. The Kier molecular flexibility index (Phi) is 13.5. The number of carbonyl (C=O) groups excluding carboxylic acids is 1. The first-order chi connectivity index (χ1) is 19.3. The van der Waals surface area contributed by atoms with Crippen LogP contribution in [0.25, 0.3) is 0 Å². The molecule has 2 aromatic rings. The Hall–Kier alpha value is -3.18. The molecule has 0 aliphatic rings. The minimum atomic E-state index is -5.11. The Bertz CT molecular complexity index is 1100. The van der Waals surface area contributed by atoms with Crippen molar-refractivity contribution >= 4 is 5.91 Å². The first-order valence-electron chi connectivity index (χ1n) is 13.7. The molecule has 230 valence electrons.